The Labute approximate surface area is 165 Å². The maximum atomic E-state index is 12.2. The Hall–Kier alpha value is -2.41. The molecule has 2 aromatic rings. The molecule has 1 aliphatic rings. The van der Waals surface area contributed by atoms with Crippen LogP contribution in [0.1, 0.15) is 56.5 Å². The molecule has 2 N–H and O–H groups in total. The molecule has 1 aliphatic carbocycles. The van der Waals surface area contributed by atoms with Crippen LogP contribution in [0.15, 0.2) is 16.7 Å². The van der Waals surface area contributed by atoms with Crippen molar-refractivity contribution >= 4 is 5.97 Å². The highest BCUT2D eigenvalue weighted by Gasteiger charge is 2.30. The third-order valence-electron chi connectivity index (χ3n) is 5.06. The molecule has 1 saturated carbocycles. The normalized spacial score (nSPS) is 19.6. The summed E-state index contributed by atoms with van der Waals surface area (Å²) < 4.78 is 17.0. The molecule has 0 radical (unpaired) electrons. The van der Waals surface area contributed by atoms with Crippen molar-refractivity contribution in [2.45, 2.75) is 72.1 Å². The van der Waals surface area contributed by atoms with E-state index in [-0.39, 0.29) is 24.1 Å². The average molecular weight is 387 g/mol. The van der Waals surface area contributed by atoms with Crippen molar-refractivity contribution < 1.29 is 18.8 Å². The summed E-state index contributed by atoms with van der Waals surface area (Å²) in [7, 11) is 0. The van der Waals surface area contributed by atoms with E-state index in [0.29, 0.717) is 24.4 Å². The Morgan fingerprint density at radius 1 is 1.29 bits per heavy atom. The zero-order chi connectivity index (χ0) is 20.3. The Kier molecular flexibility index (Phi) is 6.34. The standard InChI is InChI=1S/C21H29N3O4/c1-12(2)26-21(25)15-6-5-7-16(10-15)27-19-9-8-18(23-14(19)4)20-17(11-22)13(3)24-28-20/h8-9,12,15-16H,5-7,10-11,22H2,1-4H3/t15-,16?/m0/s1. The molecule has 28 heavy (non-hydrogen) atoms. The number of rotatable bonds is 6. The second-order valence-electron chi connectivity index (χ2n) is 7.65. The van der Waals surface area contributed by atoms with Crippen LogP contribution in [0.2, 0.25) is 0 Å². The molecule has 0 aromatic carbocycles. The lowest BCUT2D eigenvalue weighted by molar-refractivity contribution is -0.154. The maximum absolute atomic E-state index is 12.2. The number of esters is 1. The molecule has 0 spiro atoms. The second kappa shape index (κ2) is 8.73. The van der Waals surface area contributed by atoms with Gasteiger partial charge in [-0.05, 0) is 65.5 Å². The lowest BCUT2D eigenvalue weighted by atomic mass is 9.87. The van der Waals surface area contributed by atoms with E-state index in [0.717, 1.165) is 42.0 Å². The van der Waals surface area contributed by atoms with Crippen LogP contribution in [0.4, 0.5) is 0 Å². The fraction of sp³-hybridized carbons (Fsp3) is 0.571. The van der Waals surface area contributed by atoms with Crippen molar-refractivity contribution in [2.75, 3.05) is 0 Å². The van der Waals surface area contributed by atoms with Gasteiger partial charge in [-0.1, -0.05) is 5.16 Å². The molecule has 7 nitrogen and oxygen atoms in total. The fourth-order valence-electron chi connectivity index (χ4n) is 3.60. The van der Waals surface area contributed by atoms with Crippen molar-refractivity contribution in [3.63, 3.8) is 0 Å². The number of nitrogens with zero attached hydrogens (tertiary/aromatic N) is 2. The number of pyridine rings is 1. The lowest BCUT2D eigenvalue weighted by Crippen LogP contribution is -2.31. The fourth-order valence-corrected chi connectivity index (χ4v) is 3.60. The van der Waals surface area contributed by atoms with Crippen LogP contribution < -0.4 is 10.5 Å². The van der Waals surface area contributed by atoms with Crippen LogP contribution in [-0.2, 0) is 16.1 Å². The summed E-state index contributed by atoms with van der Waals surface area (Å²) in [5, 5.41) is 3.98. The van der Waals surface area contributed by atoms with Crippen molar-refractivity contribution in [1.29, 1.82) is 0 Å². The summed E-state index contributed by atoms with van der Waals surface area (Å²) in [5.74, 6) is 1.10. The van der Waals surface area contributed by atoms with Crippen molar-refractivity contribution in [3.8, 4) is 17.2 Å². The topological polar surface area (TPSA) is 100 Å². The summed E-state index contributed by atoms with van der Waals surface area (Å²) in [5.41, 5.74) is 8.89. The molecule has 2 aromatic heterocycles. The summed E-state index contributed by atoms with van der Waals surface area (Å²) in [6.07, 6.45) is 3.29. The van der Waals surface area contributed by atoms with Crippen molar-refractivity contribution in [2.24, 2.45) is 11.7 Å². The summed E-state index contributed by atoms with van der Waals surface area (Å²) in [6, 6.07) is 3.75. The molecule has 1 unspecified atom stereocenters. The first-order chi connectivity index (χ1) is 13.4. The molecule has 152 valence electrons. The molecule has 0 bridgehead atoms. The number of nitrogens with two attached hydrogens (primary N) is 1. The first-order valence-corrected chi connectivity index (χ1v) is 9.89. The third-order valence-corrected chi connectivity index (χ3v) is 5.06. The molecule has 0 aliphatic heterocycles. The Morgan fingerprint density at radius 2 is 2.07 bits per heavy atom. The monoisotopic (exact) mass is 387 g/mol. The predicted molar refractivity (Wildman–Crippen MR) is 105 cm³/mol. The van der Waals surface area contributed by atoms with Crippen LogP contribution in [-0.4, -0.2) is 28.3 Å². The highest BCUT2D eigenvalue weighted by molar-refractivity contribution is 5.72. The quantitative estimate of drug-likeness (QED) is 0.754. The van der Waals surface area contributed by atoms with E-state index in [2.05, 4.69) is 10.1 Å². The number of ether oxygens (including phenoxy) is 2. The molecule has 3 rings (SSSR count). The molecule has 2 heterocycles. The highest BCUT2D eigenvalue weighted by atomic mass is 16.5. The minimum Gasteiger partial charge on any atom is -0.489 e. The number of aromatic nitrogens is 2. The van der Waals surface area contributed by atoms with Gasteiger partial charge in [0, 0.05) is 12.1 Å². The predicted octanol–water partition coefficient (Wildman–Crippen LogP) is 3.70. The molecule has 1 fully saturated rings. The van der Waals surface area contributed by atoms with Gasteiger partial charge < -0.3 is 19.7 Å². The number of carbonyl (C=O) groups is 1. The molecule has 2 atom stereocenters. The molecular weight excluding hydrogens is 358 g/mol. The summed E-state index contributed by atoms with van der Waals surface area (Å²) >= 11 is 0. The minimum absolute atomic E-state index is 0.0167. The van der Waals surface area contributed by atoms with Gasteiger partial charge in [-0.3, -0.25) is 4.79 Å². The van der Waals surface area contributed by atoms with Crippen molar-refractivity contribution in [1.82, 2.24) is 10.1 Å². The van der Waals surface area contributed by atoms with Crippen LogP contribution in [0, 0.1) is 19.8 Å². The van der Waals surface area contributed by atoms with Crippen LogP contribution in [0.3, 0.4) is 0 Å². The van der Waals surface area contributed by atoms with Crippen molar-refractivity contribution in [3.05, 3.63) is 29.1 Å². The van der Waals surface area contributed by atoms with E-state index >= 15 is 0 Å². The van der Waals surface area contributed by atoms with Crippen LogP contribution in [0.5, 0.6) is 5.75 Å². The molecule has 0 amide bonds. The van der Waals surface area contributed by atoms with Gasteiger partial charge in [-0.2, -0.15) is 0 Å². The number of hydrogen-bond acceptors (Lipinski definition) is 7. The first kappa shape index (κ1) is 20.3. The third kappa shape index (κ3) is 4.52. The largest absolute Gasteiger partial charge is 0.489 e. The van der Waals surface area contributed by atoms with E-state index in [1.165, 1.54) is 0 Å². The number of carbonyl (C=O) groups excluding carboxylic acids is 1. The summed E-state index contributed by atoms with van der Waals surface area (Å²) in [4.78, 5) is 16.8. The smallest absolute Gasteiger partial charge is 0.309 e. The summed E-state index contributed by atoms with van der Waals surface area (Å²) in [6.45, 7) is 7.86. The van der Waals surface area contributed by atoms with Gasteiger partial charge in [0.1, 0.15) is 11.4 Å². The SMILES string of the molecule is Cc1nc(-c2onc(C)c2CN)ccc1OC1CCC[C@H](C(=O)OC(C)C)C1. The molecular formula is C21H29N3O4. The maximum Gasteiger partial charge on any atom is 0.309 e. The Bertz CT molecular complexity index is 831. The van der Waals surface area contributed by atoms with Crippen LogP contribution >= 0.6 is 0 Å². The number of aryl methyl sites for hydroxylation is 2. The van der Waals surface area contributed by atoms with Gasteiger partial charge in [0.05, 0.1) is 29.5 Å². The van der Waals surface area contributed by atoms with Gasteiger partial charge in [0.15, 0.2) is 5.76 Å². The van der Waals surface area contributed by atoms with Gasteiger partial charge in [-0.15, -0.1) is 0 Å². The molecule has 0 saturated heterocycles. The van der Waals surface area contributed by atoms with Gasteiger partial charge in [0.25, 0.3) is 0 Å². The zero-order valence-corrected chi connectivity index (χ0v) is 17.0. The Morgan fingerprint density at radius 3 is 2.75 bits per heavy atom. The number of hydrogen-bond donors (Lipinski definition) is 1. The Balaban J connectivity index is 1.70. The average Bonchev–Trinajstić information content (AvgIpc) is 3.03. The van der Waals surface area contributed by atoms with E-state index in [9.17, 15) is 4.79 Å². The van der Waals surface area contributed by atoms with Crippen LogP contribution in [0.25, 0.3) is 11.5 Å². The second-order valence-corrected chi connectivity index (χ2v) is 7.65. The van der Waals surface area contributed by atoms with Gasteiger partial charge >= 0.3 is 5.97 Å². The highest BCUT2D eigenvalue weighted by Crippen LogP contribution is 2.32. The molecule has 7 heteroatoms. The van der Waals surface area contributed by atoms with E-state index in [1.807, 2.05) is 39.8 Å². The van der Waals surface area contributed by atoms with Gasteiger partial charge in [0.2, 0.25) is 0 Å². The van der Waals surface area contributed by atoms with E-state index < -0.39 is 0 Å². The zero-order valence-electron chi connectivity index (χ0n) is 17.0. The lowest BCUT2D eigenvalue weighted by Gasteiger charge is -2.29. The van der Waals surface area contributed by atoms with E-state index in [1.54, 1.807) is 0 Å². The first-order valence-electron chi connectivity index (χ1n) is 9.89. The minimum atomic E-state index is -0.122. The van der Waals surface area contributed by atoms with Gasteiger partial charge in [-0.25, -0.2) is 4.98 Å². The van der Waals surface area contributed by atoms with E-state index in [4.69, 9.17) is 19.7 Å².